The Morgan fingerprint density at radius 3 is 2.96 bits per heavy atom. The molecule has 3 aromatic rings. The van der Waals surface area contributed by atoms with Gasteiger partial charge in [0.1, 0.15) is 5.82 Å². The largest absolute Gasteiger partial charge is 0.390 e. The standard InChI is InChI=1S/C21H25N5O2/c27-17(14-26-11-9-15-4-1-2-5-16(15)13-26)12-23-20(28)8-7-19-24-18-6-3-10-22-21(18)25-19/h1-6,10,17,27H,7-9,11-14H2,(H,23,28)(H,22,24,25)/t17-/m0/s1. The molecule has 1 aromatic carbocycles. The third kappa shape index (κ3) is 4.55. The first-order valence-electron chi connectivity index (χ1n) is 9.71. The van der Waals surface area contributed by atoms with Crippen molar-refractivity contribution in [2.75, 3.05) is 19.6 Å². The summed E-state index contributed by atoms with van der Waals surface area (Å²) in [4.78, 5) is 26.1. The second-order valence-electron chi connectivity index (χ2n) is 7.27. The number of hydrogen-bond donors (Lipinski definition) is 3. The van der Waals surface area contributed by atoms with Gasteiger partial charge in [-0.2, -0.15) is 0 Å². The Bertz CT molecular complexity index is 922. The molecule has 0 fully saturated rings. The number of fused-ring (bicyclic) bond motifs is 2. The molecule has 0 bridgehead atoms. The molecule has 1 aliphatic rings. The van der Waals surface area contributed by atoms with Crippen LogP contribution < -0.4 is 5.32 Å². The van der Waals surface area contributed by atoms with E-state index >= 15 is 0 Å². The number of aliphatic hydroxyl groups excluding tert-OH is 1. The Balaban J connectivity index is 1.19. The SMILES string of the molecule is O=C(CCc1nc2ncccc2[nH]1)NC[C@H](O)CN1CCc2ccccc2C1. The minimum atomic E-state index is -0.579. The molecule has 0 unspecified atom stereocenters. The normalized spacial score (nSPS) is 15.3. The summed E-state index contributed by atoms with van der Waals surface area (Å²) in [6.07, 6.45) is 2.96. The molecule has 3 heterocycles. The van der Waals surface area contributed by atoms with Gasteiger partial charge in [0, 0.05) is 45.2 Å². The van der Waals surface area contributed by atoms with E-state index < -0.39 is 6.10 Å². The van der Waals surface area contributed by atoms with Crippen LogP contribution in [0.15, 0.2) is 42.6 Å². The molecule has 28 heavy (non-hydrogen) atoms. The van der Waals surface area contributed by atoms with E-state index in [9.17, 15) is 9.90 Å². The van der Waals surface area contributed by atoms with Crippen molar-refractivity contribution in [1.29, 1.82) is 0 Å². The summed E-state index contributed by atoms with van der Waals surface area (Å²) in [5.41, 5.74) is 4.25. The predicted octanol–water partition coefficient (Wildman–Crippen LogP) is 1.43. The number of carbonyl (C=O) groups is 1. The zero-order chi connectivity index (χ0) is 19.3. The molecule has 0 radical (unpaired) electrons. The van der Waals surface area contributed by atoms with Crippen LogP contribution in [0.3, 0.4) is 0 Å². The van der Waals surface area contributed by atoms with Crippen molar-refractivity contribution in [1.82, 2.24) is 25.2 Å². The number of hydrogen-bond acceptors (Lipinski definition) is 5. The first-order valence-corrected chi connectivity index (χ1v) is 9.71. The summed E-state index contributed by atoms with van der Waals surface area (Å²) in [5, 5.41) is 13.1. The van der Waals surface area contributed by atoms with Crippen LogP contribution in [-0.4, -0.2) is 56.6 Å². The maximum absolute atomic E-state index is 12.1. The number of aromatic amines is 1. The van der Waals surface area contributed by atoms with E-state index in [-0.39, 0.29) is 12.5 Å². The van der Waals surface area contributed by atoms with Gasteiger partial charge in [0.15, 0.2) is 5.65 Å². The molecule has 1 atom stereocenters. The van der Waals surface area contributed by atoms with Crippen LogP contribution in [0.5, 0.6) is 0 Å². The molecule has 4 rings (SSSR count). The molecule has 7 heteroatoms. The lowest BCUT2D eigenvalue weighted by atomic mass is 10.00. The number of aliphatic hydroxyl groups is 1. The average molecular weight is 379 g/mol. The van der Waals surface area contributed by atoms with Gasteiger partial charge in [-0.15, -0.1) is 0 Å². The monoisotopic (exact) mass is 379 g/mol. The Labute approximate surface area is 163 Å². The lowest BCUT2D eigenvalue weighted by molar-refractivity contribution is -0.121. The lowest BCUT2D eigenvalue weighted by Crippen LogP contribution is -2.42. The number of β-amino-alcohol motifs (C(OH)–C–C–N with tert-alkyl or cyclic N) is 1. The number of benzene rings is 1. The minimum Gasteiger partial charge on any atom is -0.390 e. The highest BCUT2D eigenvalue weighted by Gasteiger charge is 2.18. The first-order chi connectivity index (χ1) is 13.7. The summed E-state index contributed by atoms with van der Waals surface area (Å²) < 4.78 is 0. The number of aryl methyl sites for hydroxylation is 1. The fourth-order valence-corrected chi connectivity index (χ4v) is 3.64. The second kappa shape index (κ2) is 8.50. The van der Waals surface area contributed by atoms with Gasteiger partial charge < -0.3 is 15.4 Å². The molecule has 7 nitrogen and oxygen atoms in total. The van der Waals surface area contributed by atoms with Gasteiger partial charge in [0.05, 0.1) is 11.6 Å². The first kappa shape index (κ1) is 18.6. The number of amides is 1. The number of imidazole rings is 1. The molecule has 146 valence electrons. The molecule has 3 N–H and O–H groups in total. The van der Waals surface area contributed by atoms with E-state index in [0.29, 0.717) is 25.0 Å². The van der Waals surface area contributed by atoms with E-state index in [1.165, 1.54) is 11.1 Å². The van der Waals surface area contributed by atoms with Crippen molar-refractivity contribution in [3.8, 4) is 0 Å². The predicted molar refractivity (Wildman–Crippen MR) is 107 cm³/mol. The average Bonchev–Trinajstić information content (AvgIpc) is 3.14. The van der Waals surface area contributed by atoms with E-state index in [2.05, 4.69) is 49.4 Å². The molecule has 1 aliphatic heterocycles. The maximum Gasteiger partial charge on any atom is 0.220 e. The Kier molecular flexibility index (Phi) is 5.64. The summed E-state index contributed by atoms with van der Waals surface area (Å²) in [7, 11) is 0. The van der Waals surface area contributed by atoms with Gasteiger partial charge in [-0.1, -0.05) is 24.3 Å². The molecule has 0 spiro atoms. The van der Waals surface area contributed by atoms with Gasteiger partial charge in [-0.3, -0.25) is 9.69 Å². The van der Waals surface area contributed by atoms with Gasteiger partial charge in [0.2, 0.25) is 5.91 Å². The van der Waals surface area contributed by atoms with Crippen molar-refractivity contribution in [2.45, 2.75) is 31.9 Å². The van der Waals surface area contributed by atoms with E-state index in [4.69, 9.17) is 0 Å². The number of H-pyrrole nitrogens is 1. The zero-order valence-corrected chi connectivity index (χ0v) is 15.8. The van der Waals surface area contributed by atoms with Crippen LogP contribution in [0, 0.1) is 0 Å². The van der Waals surface area contributed by atoms with Crippen LogP contribution in [0.4, 0.5) is 0 Å². The smallest absolute Gasteiger partial charge is 0.220 e. The van der Waals surface area contributed by atoms with E-state index in [1.807, 2.05) is 12.1 Å². The minimum absolute atomic E-state index is 0.0866. The van der Waals surface area contributed by atoms with Crippen LogP contribution in [0.25, 0.3) is 11.2 Å². The van der Waals surface area contributed by atoms with Crippen LogP contribution in [0.2, 0.25) is 0 Å². The molecular formula is C21H25N5O2. The van der Waals surface area contributed by atoms with Crippen molar-refractivity contribution >= 4 is 17.1 Å². The fourth-order valence-electron chi connectivity index (χ4n) is 3.64. The van der Waals surface area contributed by atoms with Gasteiger partial charge in [-0.25, -0.2) is 9.97 Å². The van der Waals surface area contributed by atoms with Crippen LogP contribution >= 0.6 is 0 Å². The van der Waals surface area contributed by atoms with E-state index in [1.54, 1.807) is 6.20 Å². The zero-order valence-electron chi connectivity index (χ0n) is 15.8. The van der Waals surface area contributed by atoms with Crippen molar-refractivity contribution in [3.05, 3.63) is 59.5 Å². The van der Waals surface area contributed by atoms with Crippen molar-refractivity contribution < 1.29 is 9.90 Å². The molecule has 0 aliphatic carbocycles. The topological polar surface area (TPSA) is 94.1 Å². The molecule has 2 aromatic heterocycles. The van der Waals surface area contributed by atoms with Crippen LogP contribution in [-0.2, 0) is 24.2 Å². The molecule has 0 saturated heterocycles. The summed E-state index contributed by atoms with van der Waals surface area (Å²) in [5.74, 6) is 0.660. The number of nitrogens with one attached hydrogen (secondary N) is 2. The number of carbonyl (C=O) groups excluding carboxylic acids is 1. The van der Waals surface area contributed by atoms with Gasteiger partial charge in [-0.05, 0) is 29.7 Å². The maximum atomic E-state index is 12.1. The molecule has 1 amide bonds. The fraction of sp³-hybridized carbons (Fsp3) is 0.381. The Morgan fingerprint density at radius 1 is 1.25 bits per heavy atom. The summed E-state index contributed by atoms with van der Waals surface area (Å²) >= 11 is 0. The number of aromatic nitrogens is 3. The Morgan fingerprint density at radius 2 is 2.11 bits per heavy atom. The highest BCUT2D eigenvalue weighted by molar-refractivity contribution is 5.76. The number of nitrogens with zero attached hydrogens (tertiary/aromatic N) is 3. The summed E-state index contributed by atoms with van der Waals surface area (Å²) in [6.45, 7) is 2.60. The molecular weight excluding hydrogens is 354 g/mol. The Hall–Kier alpha value is -2.77. The van der Waals surface area contributed by atoms with Crippen molar-refractivity contribution in [2.24, 2.45) is 0 Å². The van der Waals surface area contributed by atoms with E-state index in [0.717, 1.165) is 30.9 Å². The second-order valence-corrected chi connectivity index (χ2v) is 7.27. The third-order valence-electron chi connectivity index (χ3n) is 5.11. The highest BCUT2D eigenvalue weighted by Crippen LogP contribution is 2.18. The quantitative estimate of drug-likeness (QED) is 0.577. The van der Waals surface area contributed by atoms with Gasteiger partial charge in [0.25, 0.3) is 0 Å². The lowest BCUT2D eigenvalue weighted by Gasteiger charge is -2.30. The number of rotatable bonds is 7. The third-order valence-corrected chi connectivity index (χ3v) is 5.11. The van der Waals surface area contributed by atoms with Gasteiger partial charge >= 0.3 is 0 Å². The number of pyridine rings is 1. The highest BCUT2D eigenvalue weighted by atomic mass is 16.3. The van der Waals surface area contributed by atoms with Crippen LogP contribution in [0.1, 0.15) is 23.4 Å². The molecule has 0 saturated carbocycles. The summed E-state index contributed by atoms with van der Waals surface area (Å²) in [6, 6.07) is 12.2. The van der Waals surface area contributed by atoms with Crippen molar-refractivity contribution in [3.63, 3.8) is 0 Å².